The maximum atomic E-state index is 13.4. The van der Waals surface area contributed by atoms with Gasteiger partial charge in [0.1, 0.15) is 17.4 Å². The highest BCUT2D eigenvalue weighted by Gasteiger charge is 2.33. The Morgan fingerprint density at radius 1 is 1.27 bits per heavy atom. The molecule has 8 heteroatoms. The summed E-state index contributed by atoms with van der Waals surface area (Å²) in [5, 5.41) is 8.32. The first kappa shape index (κ1) is 18.7. The molecule has 1 N–H and O–H groups in total. The molecule has 1 amide bonds. The number of ether oxygens (including phenoxy) is 1. The summed E-state index contributed by atoms with van der Waals surface area (Å²) >= 11 is 1.49. The number of carbonyl (C=O) groups is 1. The molecule has 2 aromatic carbocycles. The van der Waals surface area contributed by atoms with Crippen LogP contribution in [0.25, 0.3) is 15.3 Å². The Balaban J connectivity index is 1.61. The van der Waals surface area contributed by atoms with Gasteiger partial charge in [-0.2, -0.15) is 9.78 Å². The first-order valence-electron chi connectivity index (χ1n) is 9.72. The molecule has 4 aromatic rings. The summed E-state index contributed by atoms with van der Waals surface area (Å²) in [6.07, 6.45) is 0.294. The lowest BCUT2D eigenvalue weighted by molar-refractivity contribution is -0.116. The molecule has 2 aromatic heterocycles. The van der Waals surface area contributed by atoms with Crippen molar-refractivity contribution in [3.8, 4) is 10.9 Å². The average Bonchev–Trinajstić information content (AvgIpc) is 3.29. The number of halogens is 1. The number of nitrogens with one attached hydrogen (secondary N) is 1. The quantitative estimate of drug-likeness (QED) is 0.513. The van der Waals surface area contributed by atoms with E-state index in [2.05, 4.69) is 10.4 Å². The number of hydrogen-bond acceptors (Lipinski definition) is 5. The molecule has 1 atom stereocenters. The lowest BCUT2D eigenvalue weighted by Gasteiger charge is -2.24. The fraction of sp³-hybridized carbons (Fsp3) is 0.227. The zero-order valence-corrected chi connectivity index (χ0v) is 17.3. The second-order valence-electron chi connectivity index (χ2n) is 7.17. The van der Waals surface area contributed by atoms with Gasteiger partial charge in [0.2, 0.25) is 11.0 Å². The van der Waals surface area contributed by atoms with Crippen molar-refractivity contribution in [1.82, 2.24) is 14.8 Å². The molecule has 5 rings (SSSR count). The van der Waals surface area contributed by atoms with Crippen LogP contribution in [-0.4, -0.2) is 27.3 Å². The van der Waals surface area contributed by atoms with Crippen LogP contribution >= 0.6 is 11.3 Å². The molecule has 1 aliphatic rings. The van der Waals surface area contributed by atoms with Crippen LogP contribution in [0, 0.1) is 12.7 Å². The van der Waals surface area contributed by atoms with E-state index in [1.165, 1.54) is 23.5 Å². The number of aromatic nitrogens is 3. The number of hydrogen-bond donors (Lipinski definition) is 1. The SMILES string of the molecule is CCOc1ccc2nc(-n3nc(C)c4c3NC(=O)C[C@@H]4c3ccc(F)cc3)sc2c1. The largest absolute Gasteiger partial charge is 0.494 e. The summed E-state index contributed by atoms with van der Waals surface area (Å²) in [5.74, 6) is 0.845. The van der Waals surface area contributed by atoms with Crippen LogP contribution in [0.3, 0.4) is 0 Å². The molecule has 152 valence electrons. The number of aryl methyl sites for hydroxylation is 1. The Kier molecular flexibility index (Phi) is 4.51. The normalized spacial score (nSPS) is 15.8. The Bertz CT molecular complexity index is 1260. The molecule has 0 spiro atoms. The second kappa shape index (κ2) is 7.21. The second-order valence-corrected chi connectivity index (χ2v) is 8.18. The molecule has 0 saturated carbocycles. The molecule has 0 unspecified atom stereocenters. The van der Waals surface area contributed by atoms with Gasteiger partial charge in [-0.05, 0) is 49.7 Å². The van der Waals surface area contributed by atoms with Gasteiger partial charge in [-0.15, -0.1) is 0 Å². The maximum absolute atomic E-state index is 13.4. The highest BCUT2D eigenvalue weighted by molar-refractivity contribution is 7.20. The fourth-order valence-electron chi connectivity index (χ4n) is 3.91. The first-order chi connectivity index (χ1) is 14.5. The van der Waals surface area contributed by atoms with Crippen molar-refractivity contribution < 1.29 is 13.9 Å². The summed E-state index contributed by atoms with van der Waals surface area (Å²) in [6.45, 7) is 4.46. The Labute approximate surface area is 176 Å². The van der Waals surface area contributed by atoms with Crippen LogP contribution in [0.1, 0.15) is 36.1 Å². The highest BCUT2D eigenvalue weighted by Crippen LogP contribution is 2.41. The van der Waals surface area contributed by atoms with Crippen molar-refractivity contribution in [1.29, 1.82) is 0 Å². The third-order valence-electron chi connectivity index (χ3n) is 5.22. The zero-order valence-electron chi connectivity index (χ0n) is 16.5. The molecule has 0 radical (unpaired) electrons. The molecule has 0 saturated heterocycles. The van der Waals surface area contributed by atoms with Gasteiger partial charge in [0.15, 0.2) is 0 Å². The monoisotopic (exact) mass is 422 g/mol. The number of nitrogens with zero attached hydrogens (tertiary/aromatic N) is 3. The van der Waals surface area contributed by atoms with Crippen molar-refractivity contribution in [2.45, 2.75) is 26.2 Å². The lowest BCUT2D eigenvalue weighted by Crippen LogP contribution is -2.24. The van der Waals surface area contributed by atoms with Crippen LogP contribution in [0.2, 0.25) is 0 Å². The number of amides is 1. The molecule has 0 aliphatic carbocycles. The van der Waals surface area contributed by atoms with Gasteiger partial charge < -0.3 is 10.1 Å². The van der Waals surface area contributed by atoms with Gasteiger partial charge in [-0.3, -0.25) is 4.79 Å². The molecule has 6 nitrogen and oxygen atoms in total. The third-order valence-corrected chi connectivity index (χ3v) is 6.21. The average molecular weight is 422 g/mol. The van der Waals surface area contributed by atoms with E-state index >= 15 is 0 Å². The standard InChI is InChI=1S/C22H19FN4O2S/c1-3-29-15-8-9-17-18(10-15)30-22(24-17)27-21-20(12(2)26-27)16(11-19(28)25-21)13-4-6-14(23)7-5-13/h4-10,16H,3,11H2,1-2H3,(H,25,28)/t16-/m1/s1. The molecule has 0 bridgehead atoms. The molecule has 3 heterocycles. The minimum atomic E-state index is -0.299. The van der Waals surface area contributed by atoms with Crippen LogP contribution in [-0.2, 0) is 4.79 Å². The van der Waals surface area contributed by atoms with E-state index in [1.54, 1.807) is 16.8 Å². The number of thiazole rings is 1. The number of anilines is 1. The summed E-state index contributed by atoms with van der Waals surface area (Å²) < 4.78 is 21.7. The van der Waals surface area contributed by atoms with Crippen LogP contribution in [0.5, 0.6) is 5.75 Å². The maximum Gasteiger partial charge on any atom is 0.226 e. The summed E-state index contributed by atoms with van der Waals surface area (Å²) in [4.78, 5) is 17.2. The minimum absolute atomic E-state index is 0.0993. The number of rotatable bonds is 4. The molecule has 1 aliphatic heterocycles. The van der Waals surface area contributed by atoms with Crippen molar-refractivity contribution in [3.05, 3.63) is 65.1 Å². The van der Waals surface area contributed by atoms with Crippen molar-refractivity contribution >= 4 is 33.3 Å². The van der Waals surface area contributed by atoms with E-state index in [-0.39, 0.29) is 17.6 Å². The topological polar surface area (TPSA) is 69.0 Å². The van der Waals surface area contributed by atoms with E-state index in [4.69, 9.17) is 9.72 Å². The van der Waals surface area contributed by atoms with E-state index < -0.39 is 0 Å². The zero-order chi connectivity index (χ0) is 20.8. The van der Waals surface area contributed by atoms with Crippen molar-refractivity contribution in [2.24, 2.45) is 0 Å². The van der Waals surface area contributed by atoms with Gasteiger partial charge >= 0.3 is 0 Å². The van der Waals surface area contributed by atoms with Gasteiger partial charge in [-0.25, -0.2) is 9.37 Å². The van der Waals surface area contributed by atoms with Crippen LogP contribution in [0.4, 0.5) is 10.2 Å². The van der Waals surface area contributed by atoms with Gasteiger partial charge in [0.05, 0.1) is 22.5 Å². The molecule has 0 fully saturated rings. The van der Waals surface area contributed by atoms with E-state index in [0.717, 1.165) is 32.8 Å². The van der Waals surface area contributed by atoms with Gasteiger partial charge in [-0.1, -0.05) is 23.5 Å². The fourth-order valence-corrected chi connectivity index (χ4v) is 4.86. The Morgan fingerprint density at radius 3 is 2.83 bits per heavy atom. The lowest BCUT2D eigenvalue weighted by atomic mass is 9.86. The third kappa shape index (κ3) is 3.13. The number of benzene rings is 2. The molecule has 30 heavy (non-hydrogen) atoms. The van der Waals surface area contributed by atoms with Gasteiger partial charge in [0, 0.05) is 17.9 Å². The van der Waals surface area contributed by atoms with Crippen molar-refractivity contribution in [3.63, 3.8) is 0 Å². The molecular weight excluding hydrogens is 403 g/mol. The summed E-state index contributed by atoms with van der Waals surface area (Å²) in [5.41, 5.74) is 3.49. The van der Waals surface area contributed by atoms with E-state index in [1.807, 2.05) is 32.0 Å². The van der Waals surface area contributed by atoms with Crippen molar-refractivity contribution in [2.75, 3.05) is 11.9 Å². The Morgan fingerprint density at radius 2 is 2.07 bits per heavy atom. The van der Waals surface area contributed by atoms with E-state index in [9.17, 15) is 9.18 Å². The molecular formula is C22H19FN4O2S. The van der Waals surface area contributed by atoms with Crippen LogP contribution in [0.15, 0.2) is 42.5 Å². The number of fused-ring (bicyclic) bond motifs is 2. The summed E-state index contributed by atoms with van der Waals surface area (Å²) in [6, 6.07) is 12.1. The predicted molar refractivity (Wildman–Crippen MR) is 114 cm³/mol. The van der Waals surface area contributed by atoms with Crippen LogP contribution < -0.4 is 10.1 Å². The smallest absolute Gasteiger partial charge is 0.226 e. The van der Waals surface area contributed by atoms with E-state index in [0.29, 0.717) is 24.0 Å². The van der Waals surface area contributed by atoms with Gasteiger partial charge in [0.25, 0.3) is 0 Å². The summed E-state index contributed by atoms with van der Waals surface area (Å²) in [7, 11) is 0. The predicted octanol–water partition coefficient (Wildman–Crippen LogP) is 4.80. The number of carbonyl (C=O) groups excluding carboxylic acids is 1. The minimum Gasteiger partial charge on any atom is -0.494 e. The first-order valence-corrected chi connectivity index (χ1v) is 10.5. The Hall–Kier alpha value is -3.26. The highest BCUT2D eigenvalue weighted by atomic mass is 32.1.